The standard InChI is InChI=1S/C23H37N3O3S/c1-19(2)24-23(27)26-14-8-4-7-11-22(26)20-12-15-25(16-13-20)17-18-30(28,29)21-9-5-3-6-10-21/h3,5-6,9-10,19-20,22H,4,7-8,11-18H2,1-2H3,(H,24,27). The number of amides is 2. The van der Waals surface area contributed by atoms with Gasteiger partial charge in [-0.2, -0.15) is 0 Å². The van der Waals surface area contributed by atoms with Gasteiger partial charge in [0.2, 0.25) is 0 Å². The maximum absolute atomic E-state index is 12.8. The van der Waals surface area contributed by atoms with Crippen molar-refractivity contribution >= 4 is 15.9 Å². The molecule has 1 atom stereocenters. The van der Waals surface area contributed by atoms with Crippen LogP contribution in [0.15, 0.2) is 35.2 Å². The normalized spacial score (nSPS) is 22.1. The number of nitrogens with one attached hydrogen (secondary N) is 1. The van der Waals surface area contributed by atoms with Crippen molar-refractivity contribution in [1.29, 1.82) is 0 Å². The van der Waals surface area contributed by atoms with E-state index >= 15 is 0 Å². The van der Waals surface area contributed by atoms with Crippen molar-refractivity contribution in [1.82, 2.24) is 15.1 Å². The summed E-state index contributed by atoms with van der Waals surface area (Å²) in [7, 11) is -3.23. The number of hydrogen-bond acceptors (Lipinski definition) is 4. The Morgan fingerprint density at radius 2 is 1.73 bits per heavy atom. The molecule has 0 aromatic heterocycles. The summed E-state index contributed by atoms with van der Waals surface area (Å²) in [6.45, 7) is 7.25. The average molecular weight is 436 g/mol. The van der Waals surface area contributed by atoms with Gasteiger partial charge in [0, 0.05) is 25.2 Å². The molecule has 168 valence electrons. The van der Waals surface area contributed by atoms with E-state index < -0.39 is 9.84 Å². The third-order valence-corrected chi connectivity index (χ3v) is 8.14. The highest BCUT2D eigenvalue weighted by Gasteiger charge is 2.34. The number of piperidine rings is 1. The zero-order valence-corrected chi connectivity index (χ0v) is 19.2. The summed E-state index contributed by atoms with van der Waals surface area (Å²) < 4.78 is 25.1. The van der Waals surface area contributed by atoms with Crippen LogP contribution in [-0.4, -0.2) is 68.3 Å². The van der Waals surface area contributed by atoms with Gasteiger partial charge in [-0.1, -0.05) is 31.0 Å². The smallest absolute Gasteiger partial charge is 0.317 e. The summed E-state index contributed by atoms with van der Waals surface area (Å²) in [5, 5.41) is 3.08. The molecule has 2 fully saturated rings. The molecule has 0 saturated carbocycles. The number of rotatable bonds is 6. The second-order valence-electron chi connectivity index (χ2n) is 9.03. The summed E-state index contributed by atoms with van der Waals surface area (Å²) in [6.07, 6.45) is 6.60. The predicted molar refractivity (Wildman–Crippen MR) is 120 cm³/mol. The Labute approximate surface area is 181 Å². The molecule has 1 aromatic carbocycles. The van der Waals surface area contributed by atoms with Gasteiger partial charge in [-0.15, -0.1) is 0 Å². The van der Waals surface area contributed by atoms with Crippen LogP contribution >= 0.6 is 0 Å². The Morgan fingerprint density at radius 3 is 2.40 bits per heavy atom. The summed E-state index contributed by atoms with van der Waals surface area (Å²) in [5.74, 6) is 0.664. The van der Waals surface area contributed by atoms with E-state index in [9.17, 15) is 13.2 Å². The van der Waals surface area contributed by atoms with Gasteiger partial charge in [-0.25, -0.2) is 13.2 Å². The predicted octanol–water partition coefficient (Wildman–Crippen LogP) is 3.53. The van der Waals surface area contributed by atoms with Gasteiger partial charge in [0.05, 0.1) is 10.6 Å². The molecule has 0 radical (unpaired) electrons. The van der Waals surface area contributed by atoms with Crippen LogP contribution in [0.2, 0.25) is 0 Å². The minimum atomic E-state index is -3.23. The van der Waals surface area contributed by atoms with Crippen molar-refractivity contribution in [3.8, 4) is 0 Å². The fourth-order valence-corrected chi connectivity index (χ4v) is 6.07. The third-order valence-electron chi connectivity index (χ3n) is 6.43. The van der Waals surface area contributed by atoms with Crippen LogP contribution in [0.4, 0.5) is 4.79 Å². The molecule has 1 aromatic rings. The van der Waals surface area contributed by atoms with E-state index in [4.69, 9.17) is 0 Å². The first-order valence-electron chi connectivity index (χ1n) is 11.4. The van der Waals surface area contributed by atoms with E-state index in [0.29, 0.717) is 23.4 Å². The maximum atomic E-state index is 12.8. The molecule has 6 nitrogen and oxygen atoms in total. The minimum absolute atomic E-state index is 0.0771. The van der Waals surface area contributed by atoms with Crippen molar-refractivity contribution in [2.75, 3.05) is 31.9 Å². The molecular formula is C23H37N3O3S. The largest absolute Gasteiger partial charge is 0.336 e. The number of benzene rings is 1. The van der Waals surface area contributed by atoms with Crippen LogP contribution in [0, 0.1) is 5.92 Å². The van der Waals surface area contributed by atoms with Crippen LogP contribution in [0.5, 0.6) is 0 Å². The Kier molecular flexibility index (Phi) is 8.17. The highest BCUT2D eigenvalue weighted by molar-refractivity contribution is 7.91. The van der Waals surface area contributed by atoms with E-state index in [2.05, 4.69) is 15.1 Å². The first-order chi connectivity index (χ1) is 14.4. The lowest BCUT2D eigenvalue weighted by atomic mass is 9.86. The molecule has 0 bridgehead atoms. The molecular weight excluding hydrogens is 398 g/mol. The molecule has 7 heteroatoms. The second kappa shape index (κ2) is 10.6. The Morgan fingerprint density at radius 1 is 1.03 bits per heavy atom. The number of urea groups is 1. The van der Waals surface area contributed by atoms with Crippen LogP contribution in [0.1, 0.15) is 52.4 Å². The number of carbonyl (C=O) groups excluding carboxylic acids is 1. The van der Waals surface area contributed by atoms with Gasteiger partial charge in [0.1, 0.15) is 0 Å². The Bertz CT molecular complexity index is 774. The van der Waals surface area contributed by atoms with Crippen LogP contribution < -0.4 is 5.32 Å². The molecule has 2 aliphatic heterocycles. The minimum Gasteiger partial charge on any atom is -0.336 e. The van der Waals surface area contributed by atoms with E-state index in [0.717, 1.165) is 45.3 Å². The Hall–Kier alpha value is -1.60. The number of likely N-dealkylation sites (tertiary alicyclic amines) is 2. The summed E-state index contributed by atoms with van der Waals surface area (Å²) in [4.78, 5) is 17.5. The molecule has 0 aliphatic carbocycles. The summed E-state index contributed by atoms with van der Waals surface area (Å²) in [5.41, 5.74) is 0. The molecule has 1 N–H and O–H groups in total. The quantitative estimate of drug-likeness (QED) is 0.742. The topological polar surface area (TPSA) is 69.7 Å². The number of sulfone groups is 1. The zero-order chi connectivity index (χ0) is 21.6. The SMILES string of the molecule is CC(C)NC(=O)N1CCCCCC1C1CCN(CCS(=O)(=O)c2ccccc2)CC1. The van der Waals surface area contributed by atoms with Crippen molar-refractivity contribution in [2.24, 2.45) is 5.92 Å². The van der Waals surface area contributed by atoms with Crippen LogP contribution in [-0.2, 0) is 9.84 Å². The van der Waals surface area contributed by atoms with Gasteiger partial charge in [0.25, 0.3) is 0 Å². The van der Waals surface area contributed by atoms with E-state index in [-0.39, 0.29) is 17.8 Å². The molecule has 2 heterocycles. The lowest BCUT2D eigenvalue weighted by Crippen LogP contribution is -2.52. The van der Waals surface area contributed by atoms with Gasteiger partial charge in [-0.05, 0) is 70.7 Å². The first kappa shape index (κ1) is 23.1. The maximum Gasteiger partial charge on any atom is 0.317 e. The molecule has 2 amide bonds. The van der Waals surface area contributed by atoms with Crippen molar-refractivity contribution < 1.29 is 13.2 Å². The van der Waals surface area contributed by atoms with Crippen molar-refractivity contribution in [2.45, 2.75) is 69.4 Å². The van der Waals surface area contributed by atoms with Crippen LogP contribution in [0.3, 0.4) is 0 Å². The third kappa shape index (κ3) is 6.20. The average Bonchev–Trinajstić information content (AvgIpc) is 2.99. The molecule has 2 aliphatic rings. The fraction of sp³-hybridized carbons (Fsp3) is 0.696. The van der Waals surface area contributed by atoms with E-state index in [1.165, 1.54) is 12.8 Å². The van der Waals surface area contributed by atoms with Crippen LogP contribution in [0.25, 0.3) is 0 Å². The number of carbonyl (C=O) groups is 1. The lowest BCUT2D eigenvalue weighted by molar-refractivity contribution is 0.102. The van der Waals surface area contributed by atoms with Gasteiger partial charge in [0.15, 0.2) is 9.84 Å². The van der Waals surface area contributed by atoms with Gasteiger partial charge in [-0.3, -0.25) is 0 Å². The highest BCUT2D eigenvalue weighted by Crippen LogP contribution is 2.30. The molecule has 2 saturated heterocycles. The zero-order valence-electron chi connectivity index (χ0n) is 18.4. The Balaban J connectivity index is 1.54. The summed E-state index contributed by atoms with van der Waals surface area (Å²) in [6, 6.07) is 9.25. The molecule has 30 heavy (non-hydrogen) atoms. The first-order valence-corrected chi connectivity index (χ1v) is 13.1. The van der Waals surface area contributed by atoms with Gasteiger partial charge < -0.3 is 15.1 Å². The molecule has 0 spiro atoms. The van der Waals surface area contributed by atoms with Crippen molar-refractivity contribution in [3.63, 3.8) is 0 Å². The second-order valence-corrected chi connectivity index (χ2v) is 11.1. The molecule has 1 unspecified atom stereocenters. The summed E-state index contributed by atoms with van der Waals surface area (Å²) >= 11 is 0. The molecule has 3 rings (SSSR count). The number of nitrogens with zero attached hydrogens (tertiary/aromatic N) is 2. The monoisotopic (exact) mass is 435 g/mol. The highest BCUT2D eigenvalue weighted by atomic mass is 32.2. The van der Waals surface area contributed by atoms with E-state index in [1.54, 1.807) is 24.3 Å². The van der Waals surface area contributed by atoms with E-state index in [1.807, 2.05) is 19.9 Å². The fourth-order valence-electron chi connectivity index (χ4n) is 4.76. The lowest BCUT2D eigenvalue weighted by Gasteiger charge is -2.40. The number of hydrogen-bond donors (Lipinski definition) is 1. The van der Waals surface area contributed by atoms with Crippen molar-refractivity contribution in [3.05, 3.63) is 30.3 Å². The van der Waals surface area contributed by atoms with Gasteiger partial charge >= 0.3 is 6.03 Å².